The smallest absolute Gasteiger partial charge is 0.325 e. The molecule has 50 heavy (non-hydrogen) atoms. The van der Waals surface area contributed by atoms with Crippen molar-refractivity contribution >= 4 is 58.3 Å². The first kappa shape index (κ1) is 40.7. The van der Waals surface area contributed by atoms with E-state index in [0.717, 1.165) is 26.2 Å². The van der Waals surface area contributed by atoms with Gasteiger partial charge in [0.2, 0.25) is 0 Å². The van der Waals surface area contributed by atoms with Crippen LogP contribution in [0.2, 0.25) is 20.1 Å². The molecule has 2 saturated heterocycles. The molecule has 0 N–H and O–H groups in total. The van der Waals surface area contributed by atoms with Crippen molar-refractivity contribution in [2.24, 2.45) is 0 Å². The van der Waals surface area contributed by atoms with Gasteiger partial charge in [-0.25, -0.2) is 0 Å². The zero-order valence-corrected chi connectivity index (χ0v) is 31.5. The van der Waals surface area contributed by atoms with Gasteiger partial charge in [0.1, 0.15) is 23.7 Å². The van der Waals surface area contributed by atoms with E-state index in [1.807, 2.05) is 0 Å². The number of morpholine rings is 2. The first-order valence-corrected chi connectivity index (χ1v) is 18.2. The molecule has 2 aromatic rings. The van der Waals surface area contributed by atoms with Gasteiger partial charge in [-0.1, -0.05) is 46.4 Å². The lowest BCUT2D eigenvalue weighted by Crippen LogP contribution is -2.43. The molecule has 2 heterocycles. The lowest BCUT2D eigenvalue weighted by molar-refractivity contribution is -0.192. The summed E-state index contributed by atoms with van der Waals surface area (Å²) in [5.74, 6) is -0.0262. The van der Waals surface area contributed by atoms with E-state index in [2.05, 4.69) is 9.80 Å². The number of rotatable bonds is 19. The molecule has 2 aromatic carbocycles. The molecule has 2 atom stereocenters. The van der Waals surface area contributed by atoms with Crippen LogP contribution in [0.3, 0.4) is 0 Å². The Hall–Kier alpha value is -2.10. The third-order valence-electron chi connectivity index (χ3n) is 8.09. The fourth-order valence-corrected chi connectivity index (χ4v) is 6.31. The third kappa shape index (κ3) is 14.9. The lowest BCUT2D eigenvalue weighted by atomic mass is 10.2. The highest BCUT2D eigenvalue weighted by molar-refractivity contribution is 6.36. The maximum absolute atomic E-state index is 12.6. The molecule has 4 rings (SSSR count). The van der Waals surface area contributed by atoms with E-state index in [4.69, 9.17) is 75.0 Å². The molecule has 12 nitrogen and oxygen atoms in total. The third-order valence-corrected chi connectivity index (χ3v) is 9.15. The second-order valence-electron chi connectivity index (χ2n) is 12.2. The van der Waals surface area contributed by atoms with Crippen molar-refractivity contribution < 1.29 is 38.2 Å². The minimum atomic E-state index is -0.544. The number of hydroxylamine groups is 4. The van der Waals surface area contributed by atoms with Crippen molar-refractivity contribution in [3.63, 3.8) is 0 Å². The molecular weight excluding hydrogens is 734 g/mol. The topological polar surface area (TPSA) is 102 Å². The van der Waals surface area contributed by atoms with E-state index in [1.54, 1.807) is 50.5 Å². The Morgan fingerprint density at radius 3 is 1.42 bits per heavy atom. The summed E-state index contributed by atoms with van der Waals surface area (Å²) in [6.07, 6.45) is 0.355. The van der Waals surface area contributed by atoms with Crippen LogP contribution in [0.4, 0.5) is 0 Å². The Morgan fingerprint density at radius 1 is 0.680 bits per heavy atom. The number of nitrogens with zero attached hydrogens (tertiary/aromatic N) is 4. The Balaban J connectivity index is 1.18. The van der Waals surface area contributed by atoms with E-state index >= 15 is 0 Å². The molecule has 16 heteroatoms. The molecule has 2 aliphatic heterocycles. The van der Waals surface area contributed by atoms with Gasteiger partial charge in [-0.2, -0.15) is 0 Å². The van der Waals surface area contributed by atoms with E-state index in [1.165, 1.54) is 10.1 Å². The normalized spacial score (nSPS) is 17.0. The van der Waals surface area contributed by atoms with Crippen LogP contribution in [-0.2, 0) is 28.7 Å². The number of benzene rings is 2. The summed E-state index contributed by atoms with van der Waals surface area (Å²) in [5, 5.41) is 4.78. The van der Waals surface area contributed by atoms with E-state index < -0.39 is 11.9 Å². The van der Waals surface area contributed by atoms with Crippen LogP contribution >= 0.6 is 46.4 Å². The molecule has 0 aromatic heterocycles. The van der Waals surface area contributed by atoms with Crippen molar-refractivity contribution in [2.45, 2.75) is 37.9 Å². The molecular formula is C34H46Cl4N4O8. The van der Waals surface area contributed by atoms with Crippen LogP contribution in [0.1, 0.15) is 25.7 Å². The standard InChI is InChI=1S/C34H46Cl4N4O8/c1-39(11-9-27(23-41-13-17-45-18-14-41)47-31-5-3-25(35)21-29(31)37)49-33(43)7-8-34(44)50-40(2)12-10-28(24-42-15-19-46-20-16-42)48-32-6-4-26(36)22-30(32)38/h3-6,21-22,27-28H,7-20,23-24H2,1-2H3. The van der Waals surface area contributed by atoms with Gasteiger partial charge in [0, 0.05) is 89.3 Å². The van der Waals surface area contributed by atoms with Gasteiger partial charge in [0.25, 0.3) is 0 Å². The molecule has 0 aliphatic carbocycles. The van der Waals surface area contributed by atoms with Gasteiger partial charge in [-0.05, 0) is 36.4 Å². The number of carbonyl (C=O) groups is 2. The van der Waals surface area contributed by atoms with Crippen LogP contribution in [0.5, 0.6) is 11.5 Å². The summed E-state index contributed by atoms with van der Waals surface area (Å²) < 4.78 is 23.4. The first-order valence-electron chi connectivity index (χ1n) is 16.7. The first-order chi connectivity index (χ1) is 24.0. The zero-order valence-electron chi connectivity index (χ0n) is 28.5. The SMILES string of the molecule is CN(CCC(CN1CCOCC1)Oc1ccc(Cl)cc1Cl)OC(=O)CCC(=O)ON(C)CCC(CN1CCOCC1)Oc1ccc(Cl)cc1Cl. The van der Waals surface area contributed by atoms with Crippen molar-refractivity contribution in [3.8, 4) is 11.5 Å². The molecule has 2 aliphatic rings. The number of hydrogen-bond acceptors (Lipinski definition) is 12. The van der Waals surface area contributed by atoms with Crippen LogP contribution in [-0.4, -0.2) is 137 Å². The summed E-state index contributed by atoms with van der Waals surface area (Å²) in [6, 6.07) is 10.2. The number of hydrogen-bond donors (Lipinski definition) is 0. The van der Waals surface area contributed by atoms with Crippen LogP contribution in [0.25, 0.3) is 0 Å². The zero-order chi connectivity index (χ0) is 35.9. The summed E-state index contributed by atoms with van der Waals surface area (Å²) in [7, 11) is 3.33. The minimum absolute atomic E-state index is 0.136. The van der Waals surface area contributed by atoms with Crippen molar-refractivity contribution in [1.82, 2.24) is 19.9 Å². The fraction of sp³-hybridized carbons (Fsp3) is 0.588. The molecule has 0 radical (unpaired) electrons. The average molecular weight is 781 g/mol. The van der Waals surface area contributed by atoms with Crippen molar-refractivity contribution in [1.29, 1.82) is 0 Å². The Labute approximate surface area is 314 Å². The quantitative estimate of drug-likeness (QED) is 0.168. The maximum Gasteiger partial charge on any atom is 0.325 e. The molecule has 2 unspecified atom stereocenters. The van der Waals surface area contributed by atoms with Gasteiger partial charge in [-0.15, -0.1) is 10.1 Å². The summed E-state index contributed by atoms with van der Waals surface area (Å²) >= 11 is 24.8. The number of ether oxygens (including phenoxy) is 4. The fourth-order valence-electron chi connectivity index (χ4n) is 5.41. The molecule has 2 fully saturated rings. The molecule has 0 saturated carbocycles. The van der Waals surface area contributed by atoms with E-state index in [0.29, 0.717) is 97.0 Å². The monoisotopic (exact) mass is 778 g/mol. The summed E-state index contributed by atoms with van der Waals surface area (Å²) in [5.41, 5.74) is 0. The molecule has 0 spiro atoms. The van der Waals surface area contributed by atoms with Gasteiger partial charge in [-0.3, -0.25) is 19.4 Å². The highest BCUT2D eigenvalue weighted by Gasteiger charge is 2.23. The van der Waals surface area contributed by atoms with E-state index in [-0.39, 0.29) is 25.0 Å². The van der Waals surface area contributed by atoms with Crippen molar-refractivity contribution in [2.75, 3.05) is 92.9 Å². The largest absolute Gasteiger partial charge is 0.487 e. The highest BCUT2D eigenvalue weighted by Crippen LogP contribution is 2.30. The number of carbonyl (C=O) groups excluding carboxylic acids is 2. The molecule has 0 bridgehead atoms. The van der Waals surface area contributed by atoms with Crippen molar-refractivity contribution in [3.05, 3.63) is 56.5 Å². The summed E-state index contributed by atoms with van der Waals surface area (Å²) in [6.45, 7) is 7.93. The predicted molar refractivity (Wildman–Crippen MR) is 192 cm³/mol. The predicted octanol–water partition coefficient (Wildman–Crippen LogP) is 5.50. The minimum Gasteiger partial charge on any atom is -0.487 e. The Kier molecular flexibility index (Phi) is 17.4. The van der Waals surface area contributed by atoms with Crippen LogP contribution in [0.15, 0.2) is 36.4 Å². The molecule has 0 amide bonds. The Morgan fingerprint density at radius 2 is 1.06 bits per heavy atom. The van der Waals surface area contributed by atoms with Gasteiger partial charge >= 0.3 is 11.9 Å². The summed E-state index contributed by atoms with van der Waals surface area (Å²) in [4.78, 5) is 40.6. The van der Waals surface area contributed by atoms with E-state index in [9.17, 15) is 9.59 Å². The second kappa shape index (κ2) is 21.4. The van der Waals surface area contributed by atoms with Gasteiger partial charge < -0.3 is 28.6 Å². The lowest BCUT2D eigenvalue weighted by Gasteiger charge is -2.31. The average Bonchev–Trinajstić information content (AvgIpc) is 3.08. The highest BCUT2D eigenvalue weighted by atomic mass is 35.5. The number of halogens is 4. The maximum atomic E-state index is 12.6. The van der Waals surface area contributed by atoms with Crippen LogP contribution < -0.4 is 9.47 Å². The molecule has 278 valence electrons. The second-order valence-corrected chi connectivity index (χ2v) is 13.8. The van der Waals surface area contributed by atoms with Gasteiger partial charge in [0.15, 0.2) is 0 Å². The van der Waals surface area contributed by atoms with Gasteiger partial charge in [0.05, 0.1) is 49.3 Å². The van der Waals surface area contributed by atoms with Crippen LogP contribution in [0, 0.1) is 0 Å². The Bertz CT molecular complexity index is 1270.